The molecule has 0 aliphatic carbocycles. The summed E-state index contributed by atoms with van der Waals surface area (Å²) in [7, 11) is 1.64. The Kier molecular flexibility index (Phi) is 4.62. The van der Waals surface area contributed by atoms with Crippen molar-refractivity contribution in [2.24, 2.45) is 5.84 Å². The average Bonchev–Trinajstić information content (AvgIpc) is 2.97. The molecule has 19 heavy (non-hydrogen) atoms. The minimum atomic E-state index is -0.142. The highest BCUT2D eigenvalue weighted by Crippen LogP contribution is 2.35. The third-order valence-electron chi connectivity index (χ3n) is 2.82. The van der Waals surface area contributed by atoms with Crippen molar-refractivity contribution in [1.29, 1.82) is 0 Å². The number of thiophene rings is 1. The van der Waals surface area contributed by atoms with E-state index in [1.54, 1.807) is 24.6 Å². The fraction of sp³-hybridized carbons (Fsp3) is 0.417. The second-order valence-electron chi connectivity index (χ2n) is 4.40. The summed E-state index contributed by atoms with van der Waals surface area (Å²) >= 11 is 5.10. The molecule has 1 atom stereocenters. The standard InChI is InChI=1S/C12H17BrN4OS/c1-7(2)17-12(9(18-3)5-15-17)11(16-14)10-4-8(13)6-19-10/h4-7,11,16H,14H2,1-3H3. The van der Waals surface area contributed by atoms with Crippen LogP contribution in [0.3, 0.4) is 0 Å². The van der Waals surface area contributed by atoms with Crippen LogP contribution in [0.5, 0.6) is 5.75 Å². The van der Waals surface area contributed by atoms with Gasteiger partial charge in [0.2, 0.25) is 0 Å². The molecule has 104 valence electrons. The molecule has 3 N–H and O–H groups in total. The first kappa shape index (κ1) is 14.5. The fourth-order valence-electron chi connectivity index (χ4n) is 1.97. The van der Waals surface area contributed by atoms with Crippen molar-refractivity contribution in [2.45, 2.75) is 25.9 Å². The van der Waals surface area contributed by atoms with Gasteiger partial charge in [0.25, 0.3) is 0 Å². The van der Waals surface area contributed by atoms with Crippen molar-refractivity contribution >= 4 is 27.3 Å². The molecule has 0 radical (unpaired) electrons. The van der Waals surface area contributed by atoms with E-state index in [9.17, 15) is 0 Å². The first-order valence-electron chi connectivity index (χ1n) is 5.90. The predicted molar refractivity (Wildman–Crippen MR) is 80.3 cm³/mol. The molecule has 0 saturated carbocycles. The summed E-state index contributed by atoms with van der Waals surface area (Å²) in [6, 6.07) is 2.14. The van der Waals surface area contributed by atoms with Gasteiger partial charge in [0.15, 0.2) is 5.75 Å². The molecule has 0 saturated heterocycles. The lowest BCUT2D eigenvalue weighted by molar-refractivity contribution is 0.395. The van der Waals surface area contributed by atoms with E-state index >= 15 is 0 Å². The van der Waals surface area contributed by atoms with Crippen molar-refractivity contribution < 1.29 is 4.74 Å². The average molecular weight is 345 g/mol. The van der Waals surface area contributed by atoms with E-state index in [2.05, 4.69) is 40.3 Å². The Morgan fingerprint density at radius 2 is 2.26 bits per heavy atom. The number of aromatic nitrogens is 2. The summed E-state index contributed by atoms with van der Waals surface area (Å²) in [5.41, 5.74) is 3.79. The Labute approximate surface area is 124 Å². The highest BCUT2D eigenvalue weighted by molar-refractivity contribution is 9.10. The van der Waals surface area contributed by atoms with Crippen LogP contribution in [0, 0.1) is 0 Å². The molecule has 5 nitrogen and oxygen atoms in total. The largest absolute Gasteiger partial charge is 0.493 e. The first-order valence-corrected chi connectivity index (χ1v) is 7.57. The van der Waals surface area contributed by atoms with Gasteiger partial charge >= 0.3 is 0 Å². The maximum Gasteiger partial charge on any atom is 0.162 e. The van der Waals surface area contributed by atoms with Crippen LogP contribution in [0.15, 0.2) is 22.1 Å². The van der Waals surface area contributed by atoms with E-state index in [0.29, 0.717) is 0 Å². The molecule has 2 rings (SSSR count). The summed E-state index contributed by atoms with van der Waals surface area (Å²) < 4.78 is 8.37. The van der Waals surface area contributed by atoms with Gasteiger partial charge in [-0.3, -0.25) is 10.5 Å². The molecule has 2 aromatic rings. The third-order valence-corrected chi connectivity index (χ3v) is 4.58. The number of hydrogen-bond donors (Lipinski definition) is 2. The molecule has 0 aromatic carbocycles. The zero-order valence-corrected chi connectivity index (χ0v) is 13.5. The number of nitrogens with zero attached hydrogens (tertiary/aromatic N) is 2. The van der Waals surface area contributed by atoms with Crippen LogP contribution < -0.4 is 16.0 Å². The topological polar surface area (TPSA) is 65.1 Å². The Balaban J connectivity index is 2.50. The number of hydrogen-bond acceptors (Lipinski definition) is 5. The van der Waals surface area contributed by atoms with Gasteiger partial charge in [-0.25, -0.2) is 5.43 Å². The molecule has 2 aromatic heterocycles. The maximum absolute atomic E-state index is 5.74. The maximum atomic E-state index is 5.74. The van der Waals surface area contributed by atoms with E-state index in [1.807, 2.05) is 16.1 Å². The Bertz CT molecular complexity index is 552. The van der Waals surface area contributed by atoms with E-state index in [1.165, 1.54) is 0 Å². The Morgan fingerprint density at radius 1 is 1.53 bits per heavy atom. The van der Waals surface area contributed by atoms with Crippen LogP contribution in [-0.4, -0.2) is 16.9 Å². The van der Waals surface area contributed by atoms with Gasteiger partial charge in [0.05, 0.1) is 13.3 Å². The van der Waals surface area contributed by atoms with E-state index < -0.39 is 0 Å². The minimum absolute atomic E-state index is 0.142. The van der Waals surface area contributed by atoms with Gasteiger partial charge < -0.3 is 4.74 Å². The molecule has 1 unspecified atom stereocenters. The second kappa shape index (κ2) is 6.04. The number of nitrogens with two attached hydrogens (primary N) is 1. The summed E-state index contributed by atoms with van der Waals surface area (Å²) in [5.74, 6) is 6.48. The number of hydrazine groups is 1. The van der Waals surface area contributed by atoms with Crippen molar-refractivity contribution in [3.63, 3.8) is 0 Å². The van der Waals surface area contributed by atoms with Crippen LogP contribution >= 0.6 is 27.3 Å². The predicted octanol–water partition coefficient (Wildman–Crippen LogP) is 2.85. The highest BCUT2D eigenvalue weighted by Gasteiger charge is 2.25. The third kappa shape index (κ3) is 2.84. The fourth-order valence-corrected chi connectivity index (χ4v) is 3.48. The highest BCUT2D eigenvalue weighted by atomic mass is 79.9. The Morgan fingerprint density at radius 3 is 2.74 bits per heavy atom. The van der Waals surface area contributed by atoms with E-state index in [0.717, 1.165) is 20.8 Å². The molecule has 0 aliphatic heterocycles. The molecule has 0 fully saturated rings. The summed E-state index contributed by atoms with van der Waals surface area (Å²) in [5, 5.41) is 6.41. The first-order chi connectivity index (χ1) is 9.08. The van der Waals surface area contributed by atoms with Crippen molar-refractivity contribution in [3.8, 4) is 5.75 Å². The molecular formula is C12H17BrN4OS. The molecule has 7 heteroatoms. The molecule has 0 spiro atoms. The lowest BCUT2D eigenvalue weighted by Gasteiger charge is -2.19. The zero-order chi connectivity index (χ0) is 14.0. The smallest absolute Gasteiger partial charge is 0.162 e. The number of rotatable bonds is 5. The van der Waals surface area contributed by atoms with E-state index in [-0.39, 0.29) is 12.1 Å². The van der Waals surface area contributed by atoms with Gasteiger partial charge in [-0.05, 0) is 35.8 Å². The molecule has 0 aliphatic rings. The minimum Gasteiger partial charge on any atom is -0.493 e. The zero-order valence-electron chi connectivity index (χ0n) is 11.1. The van der Waals surface area contributed by atoms with Crippen LogP contribution in [0.4, 0.5) is 0 Å². The Hall–Kier alpha value is -0.890. The van der Waals surface area contributed by atoms with Crippen LogP contribution in [0.25, 0.3) is 0 Å². The number of halogens is 1. The van der Waals surface area contributed by atoms with Gasteiger partial charge in [0.1, 0.15) is 11.7 Å². The lowest BCUT2D eigenvalue weighted by atomic mass is 10.1. The van der Waals surface area contributed by atoms with Crippen LogP contribution in [0.2, 0.25) is 0 Å². The second-order valence-corrected chi connectivity index (χ2v) is 6.26. The number of nitrogens with one attached hydrogen (secondary N) is 1. The van der Waals surface area contributed by atoms with Gasteiger partial charge in [-0.1, -0.05) is 0 Å². The summed E-state index contributed by atoms with van der Waals surface area (Å²) in [6.45, 7) is 4.15. The molecular weight excluding hydrogens is 328 g/mol. The normalized spacial score (nSPS) is 12.9. The van der Waals surface area contributed by atoms with Crippen LogP contribution in [0.1, 0.15) is 36.5 Å². The monoisotopic (exact) mass is 344 g/mol. The summed E-state index contributed by atoms with van der Waals surface area (Å²) in [4.78, 5) is 1.11. The van der Waals surface area contributed by atoms with E-state index in [4.69, 9.17) is 10.6 Å². The SMILES string of the molecule is COc1cnn(C(C)C)c1C(NN)c1cc(Br)cs1. The van der Waals surface area contributed by atoms with Gasteiger partial charge in [-0.2, -0.15) is 5.10 Å². The van der Waals surface area contributed by atoms with Gasteiger partial charge in [-0.15, -0.1) is 11.3 Å². The van der Waals surface area contributed by atoms with Crippen molar-refractivity contribution in [3.05, 3.63) is 32.7 Å². The van der Waals surface area contributed by atoms with Gasteiger partial charge in [0, 0.05) is 20.8 Å². The quantitative estimate of drug-likeness (QED) is 0.646. The van der Waals surface area contributed by atoms with Crippen molar-refractivity contribution in [2.75, 3.05) is 7.11 Å². The number of ether oxygens (including phenoxy) is 1. The number of methoxy groups -OCH3 is 1. The molecule has 0 amide bonds. The summed E-state index contributed by atoms with van der Waals surface area (Å²) in [6.07, 6.45) is 1.72. The van der Waals surface area contributed by atoms with Crippen molar-refractivity contribution in [1.82, 2.24) is 15.2 Å². The molecule has 0 bridgehead atoms. The lowest BCUT2D eigenvalue weighted by Crippen LogP contribution is -2.30. The molecule has 2 heterocycles. The van der Waals surface area contributed by atoms with Crippen LogP contribution in [-0.2, 0) is 0 Å².